The van der Waals surface area contributed by atoms with Crippen molar-refractivity contribution in [3.8, 4) is 0 Å². The molecule has 0 fully saturated rings. The third-order valence-electron chi connectivity index (χ3n) is 2.88. The summed E-state index contributed by atoms with van der Waals surface area (Å²) in [6, 6.07) is 11.4. The predicted molar refractivity (Wildman–Crippen MR) is 92.2 cm³/mol. The van der Waals surface area contributed by atoms with E-state index in [4.69, 9.17) is 17.3 Å². The molecule has 0 aliphatic carbocycles. The molecule has 1 amide bonds. The number of carbonyl (C=O) groups is 1. The van der Waals surface area contributed by atoms with E-state index < -0.39 is 15.9 Å². The first-order valence-corrected chi connectivity index (χ1v) is 8.92. The Morgan fingerprint density at radius 1 is 1.17 bits per heavy atom. The molecule has 122 valence electrons. The van der Waals surface area contributed by atoms with Gasteiger partial charge in [-0.1, -0.05) is 23.7 Å². The minimum Gasteiger partial charge on any atom is -0.326 e. The number of amides is 1. The van der Waals surface area contributed by atoms with Crippen molar-refractivity contribution in [1.29, 1.82) is 0 Å². The van der Waals surface area contributed by atoms with Gasteiger partial charge in [0.15, 0.2) is 0 Å². The van der Waals surface area contributed by atoms with E-state index >= 15 is 0 Å². The second kappa shape index (κ2) is 6.99. The molecule has 0 spiro atoms. The van der Waals surface area contributed by atoms with Gasteiger partial charge < -0.3 is 11.1 Å². The van der Waals surface area contributed by atoms with E-state index in [2.05, 4.69) is 10.0 Å². The first kappa shape index (κ1) is 17.3. The Morgan fingerprint density at radius 3 is 2.57 bits per heavy atom. The third kappa shape index (κ3) is 5.24. The third-order valence-corrected chi connectivity index (χ3v) is 3.71. The molecule has 0 saturated heterocycles. The summed E-state index contributed by atoms with van der Waals surface area (Å²) in [5, 5.41) is 2.97. The average molecular weight is 354 g/mol. The quantitative estimate of drug-likeness (QED) is 0.768. The van der Waals surface area contributed by atoms with Crippen molar-refractivity contribution in [2.45, 2.75) is 6.54 Å². The van der Waals surface area contributed by atoms with Gasteiger partial charge in [-0.05, 0) is 35.9 Å². The fourth-order valence-corrected chi connectivity index (χ4v) is 2.75. The summed E-state index contributed by atoms with van der Waals surface area (Å²) in [6.45, 7) is 0.364. The minimum absolute atomic E-state index is 0.223. The van der Waals surface area contributed by atoms with Crippen LogP contribution in [0.1, 0.15) is 15.9 Å². The summed E-state index contributed by atoms with van der Waals surface area (Å²) in [5.41, 5.74) is 7.50. The van der Waals surface area contributed by atoms with Crippen molar-refractivity contribution < 1.29 is 13.2 Å². The Kier molecular flexibility index (Phi) is 5.25. The highest BCUT2D eigenvalue weighted by Crippen LogP contribution is 2.21. The van der Waals surface area contributed by atoms with Crippen LogP contribution in [0.5, 0.6) is 0 Å². The van der Waals surface area contributed by atoms with E-state index in [1.54, 1.807) is 18.2 Å². The summed E-state index contributed by atoms with van der Waals surface area (Å²) < 4.78 is 24.9. The van der Waals surface area contributed by atoms with Crippen LogP contribution in [-0.2, 0) is 16.6 Å². The van der Waals surface area contributed by atoms with Crippen LogP contribution < -0.4 is 15.8 Å². The van der Waals surface area contributed by atoms with Gasteiger partial charge in [0.25, 0.3) is 5.91 Å². The van der Waals surface area contributed by atoms with Gasteiger partial charge >= 0.3 is 0 Å². The van der Waals surface area contributed by atoms with E-state index in [1.807, 2.05) is 6.07 Å². The van der Waals surface area contributed by atoms with Crippen LogP contribution in [0.25, 0.3) is 0 Å². The van der Waals surface area contributed by atoms with E-state index in [9.17, 15) is 13.2 Å². The normalized spacial score (nSPS) is 11.1. The second-order valence-electron chi connectivity index (χ2n) is 4.96. The predicted octanol–water partition coefficient (Wildman–Crippen LogP) is 2.42. The Bertz CT molecular complexity index is 838. The fraction of sp³-hybridized carbons (Fsp3) is 0.133. The minimum atomic E-state index is -3.46. The van der Waals surface area contributed by atoms with Crippen molar-refractivity contribution >= 4 is 38.9 Å². The molecule has 4 N–H and O–H groups in total. The molecule has 2 aromatic rings. The maximum Gasteiger partial charge on any atom is 0.255 e. The van der Waals surface area contributed by atoms with Gasteiger partial charge in [0.2, 0.25) is 10.0 Å². The Balaban J connectivity index is 2.24. The highest BCUT2D eigenvalue weighted by Gasteiger charge is 2.11. The number of sulfonamides is 1. The topological polar surface area (TPSA) is 101 Å². The van der Waals surface area contributed by atoms with Crippen LogP contribution >= 0.6 is 11.6 Å². The lowest BCUT2D eigenvalue weighted by atomic mass is 10.1. The van der Waals surface area contributed by atoms with Crippen LogP contribution in [0.3, 0.4) is 0 Å². The van der Waals surface area contributed by atoms with Gasteiger partial charge in [-0.15, -0.1) is 0 Å². The van der Waals surface area contributed by atoms with Crippen LogP contribution in [-0.4, -0.2) is 20.6 Å². The standard InChI is InChI=1S/C15H16ClN3O3S/c1-23(21,22)19-14-7-11(6-12(16)8-14)15(20)18-13-4-2-3-10(5-13)9-17/h2-8,19H,9,17H2,1H3,(H,18,20). The van der Waals surface area contributed by atoms with Crippen molar-refractivity contribution in [3.63, 3.8) is 0 Å². The average Bonchev–Trinajstić information content (AvgIpc) is 2.45. The number of nitrogens with two attached hydrogens (primary N) is 1. The number of anilines is 2. The van der Waals surface area contributed by atoms with Crippen molar-refractivity contribution in [2.75, 3.05) is 16.3 Å². The molecule has 0 saturated carbocycles. The largest absolute Gasteiger partial charge is 0.326 e. The summed E-state index contributed by atoms with van der Waals surface area (Å²) in [5.74, 6) is -0.404. The maximum absolute atomic E-state index is 12.3. The highest BCUT2D eigenvalue weighted by atomic mass is 35.5. The van der Waals surface area contributed by atoms with Crippen LogP contribution in [0, 0.1) is 0 Å². The molecule has 8 heteroatoms. The van der Waals surface area contributed by atoms with Gasteiger partial charge in [-0.3, -0.25) is 9.52 Å². The summed E-state index contributed by atoms with van der Waals surface area (Å²) in [6.07, 6.45) is 1.02. The van der Waals surface area contributed by atoms with Gasteiger partial charge in [0.1, 0.15) is 0 Å². The Morgan fingerprint density at radius 2 is 1.91 bits per heavy atom. The molecule has 6 nitrogen and oxygen atoms in total. The summed E-state index contributed by atoms with van der Waals surface area (Å²) in [7, 11) is -3.46. The van der Waals surface area contributed by atoms with Crippen molar-refractivity contribution in [3.05, 3.63) is 58.6 Å². The van der Waals surface area contributed by atoms with E-state index in [0.29, 0.717) is 12.2 Å². The number of hydrogen-bond acceptors (Lipinski definition) is 4. The first-order valence-electron chi connectivity index (χ1n) is 6.65. The molecule has 0 aliphatic heterocycles. The van der Waals surface area contributed by atoms with Crippen molar-refractivity contribution in [2.24, 2.45) is 5.73 Å². The van der Waals surface area contributed by atoms with E-state index in [-0.39, 0.29) is 16.3 Å². The van der Waals surface area contributed by atoms with Crippen molar-refractivity contribution in [1.82, 2.24) is 0 Å². The lowest BCUT2D eigenvalue weighted by Crippen LogP contribution is -2.14. The molecule has 2 aromatic carbocycles. The Labute approximate surface area is 139 Å². The molecule has 0 radical (unpaired) electrons. The number of carbonyl (C=O) groups excluding carboxylic acids is 1. The van der Waals surface area contributed by atoms with E-state index in [1.165, 1.54) is 18.2 Å². The van der Waals surface area contributed by atoms with Gasteiger partial charge in [-0.2, -0.15) is 0 Å². The lowest BCUT2D eigenvalue weighted by Gasteiger charge is -2.10. The number of nitrogens with one attached hydrogen (secondary N) is 2. The smallest absolute Gasteiger partial charge is 0.255 e. The monoisotopic (exact) mass is 353 g/mol. The molecule has 0 aromatic heterocycles. The summed E-state index contributed by atoms with van der Waals surface area (Å²) >= 11 is 5.94. The maximum atomic E-state index is 12.3. The molecular formula is C15H16ClN3O3S. The molecule has 0 unspecified atom stereocenters. The SMILES string of the molecule is CS(=O)(=O)Nc1cc(Cl)cc(C(=O)Nc2cccc(CN)c2)c1. The lowest BCUT2D eigenvalue weighted by molar-refractivity contribution is 0.102. The highest BCUT2D eigenvalue weighted by molar-refractivity contribution is 7.92. The molecular weight excluding hydrogens is 338 g/mol. The van der Waals surface area contributed by atoms with Crippen LogP contribution in [0.15, 0.2) is 42.5 Å². The zero-order valence-corrected chi connectivity index (χ0v) is 13.9. The van der Waals surface area contributed by atoms with Gasteiger partial charge in [0, 0.05) is 22.8 Å². The Hall–Kier alpha value is -2.09. The second-order valence-corrected chi connectivity index (χ2v) is 7.15. The van der Waals surface area contributed by atoms with E-state index in [0.717, 1.165) is 11.8 Å². The van der Waals surface area contributed by atoms with Gasteiger partial charge in [0.05, 0.1) is 11.9 Å². The van der Waals surface area contributed by atoms with Crippen LogP contribution in [0.2, 0.25) is 5.02 Å². The number of hydrogen-bond donors (Lipinski definition) is 3. The molecule has 0 aliphatic rings. The number of halogens is 1. The molecule has 2 rings (SSSR count). The molecule has 23 heavy (non-hydrogen) atoms. The zero-order chi connectivity index (χ0) is 17.0. The fourth-order valence-electron chi connectivity index (χ4n) is 1.97. The molecule has 0 heterocycles. The summed E-state index contributed by atoms with van der Waals surface area (Å²) in [4.78, 5) is 12.3. The number of rotatable bonds is 5. The van der Waals surface area contributed by atoms with Crippen LogP contribution in [0.4, 0.5) is 11.4 Å². The van der Waals surface area contributed by atoms with Gasteiger partial charge in [-0.25, -0.2) is 8.42 Å². The zero-order valence-electron chi connectivity index (χ0n) is 12.3. The number of benzene rings is 2. The molecule has 0 bridgehead atoms. The first-order chi connectivity index (χ1) is 10.8. The molecule has 0 atom stereocenters.